The topological polar surface area (TPSA) is 50.4 Å². The fraction of sp³-hybridized carbons (Fsp3) is 0.458. The molecule has 2 aliphatic rings. The van der Waals surface area contributed by atoms with Gasteiger partial charge in [0.05, 0.1) is 5.56 Å². The summed E-state index contributed by atoms with van der Waals surface area (Å²) in [5, 5.41) is 10.5. The van der Waals surface area contributed by atoms with Gasteiger partial charge in [0.1, 0.15) is 11.5 Å². The summed E-state index contributed by atoms with van der Waals surface area (Å²) in [4.78, 5) is 12.5. The van der Waals surface area contributed by atoms with Gasteiger partial charge in [0, 0.05) is 18.4 Å². The van der Waals surface area contributed by atoms with E-state index in [1.165, 1.54) is 12.8 Å². The van der Waals surface area contributed by atoms with E-state index in [1.54, 1.807) is 6.07 Å². The second-order valence-electron chi connectivity index (χ2n) is 6.96. The van der Waals surface area contributed by atoms with Gasteiger partial charge in [-0.15, -0.1) is 0 Å². The highest BCUT2D eigenvalue weighted by atomic mass is 16.4. The van der Waals surface area contributed by atoms with Crippen LogP contribution in [0.4, 0.5) is 0 Å². The van der Waals surface area contributed by atoms with Gasteiger partial charge in [-0.25, -0.2) is 4.79 Å². The first-order valence-corrected chi connectivity index (χ1v) is 10.2. The minimum atomic E-state index is -0.434. The predicted molar refractivity (Wildman–Crippen MR) is 112 cm³/mol. The Bertz CT molecular complexity index is 734. The van der Waals surface area contributed by atoms with E-state index >= 15 is 0 Å². The molecule has 1 aromatic rings. The Morgan fingerprint density at radius 3 is 2.78 bits per heavy atom. The molecule has 0 amide bonds. The molecular weight excluding hydrogens is 336 g/mol. The Morgan fingerprint density at radius 2 is 1.96 bits per heavy atom. The van der Waals surface area contributed by atoms with E-state index in [-0.39, 0.29) is 11.7 Å². The maximum Gasteiger partial charge on any atom is 0.343 e. The van der Waals surface area contributed by atoms with E-state index in [0.29, 0.717) is 17.7 Å². The standard InChI is InChI=1S/C24H32O3/c1-2-3-4-10-13-16-20-17-14-11-8-6-5-7-9-12-15-18-21-19-22(25)23(20)24(26)27-21/h3-4,6,8,13-14,16-17,19-20,25H,2,5,7,9-12,15,18H2,1H3/t20-/m1/s1. The highest BCUT2D eigenvalue weighted by molar-refractivity contribution is 5.38. The van der Waals surface area contributed by atoms with Crippen LogP contribution in [0.1, 0.15) is 75.5 Å². The zero-order valence-electron chi connectivity index (χ0n) is 16.4. The molecule has 146 valence electrons. The van der Waals surface area contributed by atoms with Gasteiger partial charge in [0.15, 0.2) is 0 Å². The van der Waals surface area contributed by atoms with Crippen LogP contribution in [-0.2, 0) is 6.42 Å². The number of rotatable bonds is 4. The van der Waals surface area contributed by atoms with Crippen molar-refractivity contribution in [2.45, 2.75) is 70.6 Å². The smallest absolute Gasteiger partial charge is 0.343 e. The molecule has 1 aromatic heterocycles. The fourth-order valence-corrected chi connectivity index (χ4v) is 3.22. The van der Waals surface area contributed by atoms with Gasteiger partial charge >= 0.3 is 5.63 Å². The number of allylic oxidation sites excluding steroid dienone is 8. The van der Waals surface area contributed by atoms with Gasteiger partial charge < -0.3 is 9.52 Å². The van der Waals surface area contributed by atoms with E-state index in [4.69, 9.17) is 4.42 Å². The lowest BCUT2D eigenvalue weighted by atomic mass is 9.97. The number of aromatic hydroxyl groups is 1. The third kappa shape index (κ3) is 7.46. The number of hydrogen-bond acceptors (Lipinski definition) is 3. The molecular formula is C24H32O3. The van der Waals surface area contributed by atoms with Crippen molar-refractivity contribution in [2.75, 3.05) is 0 Å². The van der Waals surface area contributed by atoms with Gasteiger partial charge in [-0.1, -0.05) is 68.4 Å². The van der Waals surface area contributed by atoms with Crippen LogP contribution in [0.25, 0.3) is 0 Å². The van der Waals surface area contributed by atoms with Crippen LogP contribution in [0.3, 0.4) is 0 Å². The number of aryl methyl sites for hydroxylation is 1. The minimum absolute atomic E-state index is 0.0345. The van der Waals surface area contributed by atoms with Crippen LogP contribution >= 0.6 is 0 Å². The largest absolute Gasteiger partial charge is 0.507 e. The van der Waals surface area contributed by atoms with Crippen molar-refractivity contribution in [1.82, 2.24) is 0 Å². The molecule has 3 rings (SSSR count). The molecule has 0 fully saturated rings. The summed E-state index contributed by atoms with van der Waals surface area (Å²) in [7, 11) is 0. The van der Waals surface area contributed by atoms with Crippen molar-refractivity contribution in [3.63, 3.8) is 0 Å². The molecule has 0 unspecified atom stereocenters. The lowest BCUT2D eigenvalue weighted by molar-refractivity contribution is 0.407. The SMILES string of the molecule is CCC=CCC=C[C@@H]1C=CCC=CCCCCCCc2cc(O)c1c(=O)o2. The molecule has 0 saturated carbocycles. The van der Waals surface area contributed by atoms with Crippen LogP contribution in [0.5, 0.6) is 5.75 Å². The zero-order chi connectivity index (χ0) is 19.3. The van der Waals surface area contributed by atoms with Crippen molar-refractivity contribution in [3.05, 3.63) is 76.4 Å². The third-order valence-electron chi connectivity index (χ3n) is 4.69. The summed E-state index contributed by atoms with van der Waals surface area (Å²) in [6.07, 6.45) is 25.5. The van der Waals surface area contributed by atoms with E-state index in [2.05, 4.69) is 31.2 Å². The summed E-state index contributed by atoms with van der Waals surface area (Å²) in [6.45, 7) is 2.10. The summed E-state index contributed by atoms with van der Waals surface area (Å²) >= 11 is 0. The molecule has 1 aliphatic carbocycles. The maximum atomic E-state index is 12.5. The molecule has 3 nitrogen and oxygen atoms in total. The Balaban J connectivity index is 2.29. The second kappa shape index (κ2) is 12.2. The first kappa shape index (κ1) is 21.0. The highest BCUT2D eigenvalue weighted by Gasteiger charge is 2.17. The molecule has 1 atom stereocenters. The molecule has 0 aromatic carbocycles. The average molecular weight is 369 g/mol. The monoisotopic (exact) mass is 368 g/mol. The summed E-state index contributed by atoms with van der Waals surface area (Å²) in [5.74, 6) is 0.324. The Hall–Kier alpha value is -2.29. The lowest BCUT2D eigenvalue weighted by Crippen LogP contribution is -2.12. The first-order chi connectivity index (χ1) is 13.2. The van der Waals surface area contributed by atoms with Gasteiger partial charge in [-0.2, -0.15) is 0 Å². The summed E-state index contributed by atoms with van der Waals surface area (Å²) in [5.41, 5.74) is -0.113. The van der Waals surface area contributed by atoms with Gasteiger partial charge in [-0.05, 0) is 38.5 Å². The molecule has 0 radical (unpaired) electrons. The van der Waals surface area contributed by atoms with E-state index < -0.39 is 5.63 Å². The third-order valence-corrected chi connectivity index (χ3v) is 4.69. The summed E-state index contributed by atoms with van der Waals surface area (Å²) in [6, 6.07) is 1.62. The van der Waals surface area contributed by atoms with E-state index in [1.807, 2.05) is 24.3 Å². The van der Waals surface area contributed by atoms with Crippen LogP contribution in [0.2, 0.25) is 0 Å². The number of fused-ring (bicyclic) bond motifs is 11. The average Bonchev–Trinajstić information content (AvgIpc) is 2.63. The molecule has 0 saturated heterocycles. The molecule has 2 bridgehead atoms. The van der Waals surface area contributed by atoms with Crippen LogP contribution in [0.15, 0.2) is 63.9 Å². The quantitative estimate of drug-likeness (QED) is 0.630. The van der Waals surface area contributed by atoms with Crippen molar-refractivity contribution >= 4 is 0 Å². The fourth-order valence-electron chi connectivity index (χ4n) is 3.22. The minimum Gasteiger partial charge on any atom is -0.507 e. The molecule has 0 spiro atoms. The summed E-state index contributed by atoms with van der Waals surface area (Å²) < 4.78 is 5.50. The first-order valence-electron chi connectivity index (χ1n) is 10.2. The van der Waals surface area contributed by atoms with E-state index in [9.17, 15) is 9.90 Å². The van der Waals surface area contributed by atoms with Gasteiger partial charge in [0.2, 0.25) is 0 Å². The van der Waals surface area contributed by atoms with E-state index in [0.717, 1.165) is 38.5 Å². The Morgan fingerprint density at radius 1 is 1.11 bits per heavy atom. The molecule has 27 heavy (non-hydrogen) atoms. The van der Waals surface area contributed by atoms with Crippen molar-refractivity contribution in [2.24, 2.45) is 0 Å². The zero-order valence-corrected chi connectivity index (χ0v) is 16.4. The normalized spacial score (nSPS) is 19.4. The maximum absolute atomic E-state index is 12.5. The van der Waals surface area contributed by atoms with Crippen LogP contribution in [0, 0.1) is 0 Å². The molecule has 1 aliphatic heterocycles. The molecule has 2 heterocycles. The predicted octanol–water partition coefficient (Wildman–Crippen LogP) is 6.35. The Kier molecular flexibility index (Phi) is 9.47. The second-order valence-corrected chi connectivity index (χ2v) is 6.96. The van der Waals surface area contributed by atoms with Crippen LogP contribution in [-0.4, -0.2) is 5.11 Å². The molecule has 1 N–H and O–H groups in total. The van der Waals surface area contributed by atoms with Gasteiger partial charge in [0.25, 0.3) is 0 Å². The highest BCUT2D eigenvalue weighted by Crippen LogP contribution is 2.27. The molecule has 3 heteroatoms. The van der Waals surface area contributed by atoms with Crippen molar-refractivity contribution in [1.29, 1.82) is 0 Å². The van der Waals surface area contributed by atoms with Crippen molar-refractivity contribution < 1.29 is 9.52 Å². The van der Waals surface area contributed by atoms with Crippen LogP contribution < -0.4 is 5.63 Å². The Labute approximate surface area is 162 Å². The van der Waals surface area contributed by atoms with Gasteiger partial charge in [-0.3, -0.25) is 0 Å². The lowest BCUT2D eigenvalue weighted by Gasteiger charge is -2.11. The number of hydrogen-bond donors (Lipinski definition) is 1. The van der Waals surface area contributed by atoms with Crippen molar-refractivity contribution in [3.8, 4) is 5.75 Å².